The molecule has 0 radical (unpaired) electrons. The van der Waals surface area contributed by atoms with Gasteiger partial charge in [-0.3, -0.25) is 4.79 Å². The fraction of sp³-hybridized carbons (Fsp3) is 0.412. The van der Waals surface area contributed by atoms with E-state index in [2.05, 4.69) is 9.97 Å². The Morgan fingerprint density at radius 2 is 2.05 bits per heavy atom. The van der Waals surface area contributed by atoms with Gasteiger partial charge in [0, 0.05) is 29.5 Å². The van der Waals surface area contributed by atoms with E-state index in [0.717, 1.165) is 53.6 Å². The molecule has 1 aliphatic carbocycles. The van der Waals surface area contributed by atoms with Crippen molar-refractivity contribution in [3.8, 4) is 11.4 Å². The summed E-state index contributed by atoms with van der Waals surface area (Å²) < 4.78 is 0. The van der Waals surface area contributed by atoms with Gasteiger partial charge in [0.2, 0.25) is 5.91 Å². The normalized spacial score (nSPS) is 18.0. The molecule has 0 atom stereocenters. The molecule has 0 saturated heterocycles. The van der Waals surface area contributed by atoms with Gasteiger partial charge in [0.15, 0.2) is 0 Å². The van der Waals surface area contributed by atoms with E-state index in [9.17, 15) is 4.79 Å². The molecule has 22 heavy (non-hydrogen) atoms. The summed E-state index contributed by atoms with van der Waals surface area (Å²) in [5.74, 6) is 1.44. The maximum atomic E-state index is 12.4. The van der Waals surface area contributed by atoms with Gasteiger partial charge in [-0.15, -0.1) is 0 Å². The highest BCUT2D eigenvalue weighted by Crippen LogP contribution is 2.30. The van der Waals surface area contributed by atoms with Crippen molar-refractivity contribution in [2.75, 3.05) is 6.54 Å². The molecule has 1 aromatic heterocycles. The van der Waals surface area contributed by atoms with Gasteiger partial charge in [-0.25, -0.2) is 4.98 Å². The van der Waals surface area contributed by atoms with E-state index in [1.165, 1.54) is 6.42 Å². The van der Waals surface area contributed by atoms with Crippen molar-refractivity contribution in [1.82, 2.24) is 14.9 Å². The van der Waals surface area contributed by atoms with E-state index >= 15 is 0 Å². The van der Waals surface area contributed by atoms with E-state index in [4.69, 9.17) is 11.6 Å². The van der Waals surface area contributed by atoms with Crippen molar-refractivity contribution < 1.29 is 4.79 Å². The third-order valence-corrected chi connectivity index (χ3v) is 4.97. The van der Waals surface area contributed by atoms with E-state index in [0.29, 0.717) is 12.5 Å². The van der Waals surface area contributed by atoms with Crippen LogP contribution in [0.1, 0.15) is 30.7 Å². The molecule has 4 nitrogen and oxygen atoms in total. The lowest BCUT2D eigenvalue weighted by Crippen LogP contribution is -2.41. The first kappa shape index (κ1) is 13.8. The van der Waals surface area contributed by atoms with Crippen molar-refractivity contribution >= 4 is 17.5 Å². The molecule has 114 valence electrons. The quantitative estimate of drug-likeness (QED) is 0.923. The van der Waals surface area contributed by atoms with Crippen LogP contribution in [0.25, 0.3) is 11.4 Å². The van der Waals surface area contributed by atoms with Gasteiger partial charge in [-0.2, -0.15) is 0 Å². The average molecular weight is 316 g/mol. The lowest BCUT2D eigenvalue weighted by atomic mass is 9.84. The van der Waals surface area contributed by atoms with Crippen molar-refractivity contribution in [2.24, 2.45) is 5.92 Å². The Morgan fingerprint density at radius 3 is 2.73 bits per heavy atom. The van der Waals surface area contributed by atoms with Crippen LogP contribution in [0.4, 0.5) is 0 Å². The molecular formula is C17H18ClN3O. The number of fused-ring (bicyclic) bond motifs is 1. The summed E-state index contributed by atoms with van der Waals surface area (Å²) in [4.78, 5) is 22.4. The minimum Gasteiger partial charge on any atom is -0.340 e. The Hall–Kier alpha value is -1.81. The largest absolute Gasteiger partial charge is 0.340 e. The standard InChI is InChI=1S/C17H18ClN3O/c18-13-6-4-11(5-7-13)16-19-14-8-9-21(10-15(14)20-16)17(22)12-2-1-3-12/h4-7,12H,1-3,8-10H2,(H,19,20). The number of amides is 1. The zero-order valence-corrected chi connectivity index (χ0v) is 13.1. The zero-order valence-electron chi connectivity index (χ0n) is 12.3. The van der Waals surface area contributed by atoms with Crippen LogP contribution in [0.3, 0.4) is 0 Å². The average Bonchev–Trinajstić information content (AvgIpc) is 2.89. The highest BCUT2D eigenvalue weighted by molar-refractivity contribution is 6.30. The van der Waals surface area contributed by atoms with E-state index in [-0.39, 0.29) is 5.92 Å². The highest BCUT2D eigenvalue weighted by Gasteiger charge is 2.32. The molecule has 1 N–H and O–H groups in total. The Balaban J connectivity index is 1.55. The van der Waals surface area contributed by atoms with Crippen molar-refractivity contribution in [2.45, 2.75) is 32.2 Å². The van der Waals surface area contributed by atoms with Crippen LogP contribution in [-0.4, -0.2) is 27.3 Å². The van der Waals surface area contributed by atoms with Crippen LogP contribution in [0.5, 0.6) is 0 Å². The molecule has 0 spiro atoms. The molecule has 1 fully saturated rings. The summed E-state index contributed by atoms with van der Waals surface area (Å²) in [6.45, 7) is 1.44. The van der Waals surface area contributed by atoms with Crippen LogP contribution in [-0.2, 0) is 17.8 Å². The fourth-order valence-corrected chi connectivity index (χ4v) is 3.27. The number of halogens is 1. The summed E-state index contributed by atoms with van der Waals surface area (Å²) in [6.07, 6.45) is 4.14. The molecule has 5 heteroatoms. The topological polar surface area (TPSA) is 49.0 Å². The number of carbonyl (C=O) groups excluding carboxylic acids is 1. The first-order valence-corrected chi connectivity index (χ1v) is 8.21. The maximum absolute atomic E-state index is 12.4. The Bertz CT molecular complexity index is 703. The lowest BCUT2D eigenvalue weighted by molar-refractivity contribution is -0.139. The van der Waals surface area contributed by atoms with Crippen molar-refractivity contribution in [1.29, 1.82) is 0 Å². The number of H-pyrrole nitrogens is 1. The molecule has 1 saturated carbocycles. The lowest BCUT2D eigenvalue weighted by Gasteiger charge is -2.33. The number of nitrogens with one attached hydrogen (secondary N) is 1. The van der Waals surface area contributed by atoms with Gasteiger partial charge >= 0.3 is 0 Å². The molecule has 1 aliphatic heterocycles. The van der Waals surface area contributed by atoms with Crippen LogP contribution in [0, 0.1) is 5.92 Å². The monoisotopic (exact) mass is 315 g/mol. The second-order valence-electron chi connectivity index (χ2n) is 6.16. The number of hydrogen-bond donors (Lipinski definition) is 1. The SMILES string of the molecule is O=C(C1CCC1)N1CCc2nc(-c3ccc(Cl)cc3)[nH]c2C1. The fourth-order valence-electron chi connectivity index (χ4n) is 3.14. The first-order chi connectivity index (χ1) is 10.7. The summed E-state index contributed by atoms with van der Waals surface area (Å²) >= 11 is 5.93. The van der Waals surface area contributed by atoms with Crippen LogP contribution in [0.2, 0.25) is 5.02 Å². The molecule has 1 amide bonds. The number of aromatic amines is 1. The number of benzene rings is 1. The van der Waals surface area contributed by atoms with E-state index in [1.807, 2.05) is 29.2 Å². The summed E-state index contributed by atoms with van der Waals surface area (Å²) in [7, 11) is 0. The van der Waals surface area contributed by atoms with Crippen molar-refractivity contribution in [3.05, 3.63) is 40.7 Å². The Kier molecular flexibility index (Phi) is 3.41. The third-order valence-electron chi connectivity index (χ3n) is 4.72. The van der Waals surface area contributed by atoms with Crippen LogP contribution < -0.4 is 0 Å². The minimum atomic E-state index is 0.264. The van der Waals surface area contributed by atoms with Crippen LogP contribution >= 0.6 is 11.6 Å². The molecule has 2 aromatic rings. The number of aromatic nitrogens is 2. The van der Waals surface area contributed by atoms with Gasteiger partial charge in [0.1, 0.15) is 5.82 Å². The predicted molar refractivity (Wildman–Crippen MR) is 85.5 cm³/mol. The number of nitrogens with zero attached hydrogens (tertiary/aromatic N) is 2. The van der Waals surface area contributed by atoms with E-state index in [1.54, 1.807) is 0 Å². The Labute approximate surface area is 134 Å². The van der Waals surface area contributed by atoms with Gasteiger partial charge in [0.25, 0.3) is 0 Å². The van der Waals surface area contributed by atoms with Crippen molar-refractivity contribution in [3.63, 3.8) is 0 Å². The molecule has 2 heterocycles. The zero-order chi connectivity index (χ0) is 15.1. The summed E-state index contributed by atoms with van der Waals surface area (Å²) in [5.41, 5.74) is 3.18. The second-order valence-corrected chi connectivity index (χ2v) is 6.59. The number of rotatable bonds is 2. The van der Waals surface area contributed by atoms with Gasteiger partial charge in [-0.05, 0) is 37.1 Å². The smallest absolute Gasteiger partial charge is 0.226 e. The second kappa shape index (κ2) is 5.43. The van der Waals surface area contributed by atoms with E-state index < -0.39 is 0 Å². The number of hydrogen-bond acceptors (Lipinski definition) is 2. The first-order valence-electron chi connectivity index (χ1n) is 7.83. The minimum absolute atomic E-state index is 0.264. The molecule has 0 bridgehead atoms. The summed E-state index contributed by atoms with van der Waals surface area (Å²) in [6, 6.07) is 7.66. The van der Waals surface area contributed by atoms with Crippen LogP contribution in [0.15, 0.2) is 24.3 Å². The molecule has 0 unspecified atom stereocenters. The molecular weight excluding hydrogens is 298 g/mol. The molecule has 4 rings (SSSR count). The summed E-state index contributed by atoms with van der Waals surface area (Å²) in [5, 5.41) is 0.720. The molecule has 1 aromatic carbocycles. The third kappa shape index (κ3) is 2.41. The highest BCUT2D eigenvalue weighted by atomic mass is 35.5. The van der Waals surface area contributed by atoms with Gasteiger partial charge < -0.3 is 9.88 Å². The molecule has 2 aliphatic rings. The Morgan fingerprint density at radius 1 is 1.27 bits per heavy atom. The number of carbonyl (C=O) groups is 1. The number of imidazole rings is 1. The predicted octanol–water partition coefficient (Wildman–Crippen LogP) is 3.41. The van der Waals surface area contributed by atoms with Gasteiger partial charge in [0.05, 0.1) is 17.9 Å². The maximum Gasteiger partial charge on any atom is 0.226 e. The van der Waals surface area contributed by atoms with Gasteiger partial charge in [-0.1, -0.05) is 18.0 Å².